The van der Waals surface area contributed by atoms with Crippen LogP contribution in [0.3, 0.4) is 0 Å². The van der Waals surface area contributed by atoms with Crippen molar-refractivity contribution in [3.8, 4) is 5.88 Å². The van der Waals surface area contributed by atoms with Crippen molar-refractivity contribution in [2.24, 2.45) is 0 Å². The summed E-state index contributed by atoms with van der Waals surface area (Å²) < 4.78 is 13.0. The lowest BCUT2D eigenvalue weighted by molar-refractivity contribution is -0.123. The van der Waals surface area contributed by atoms with E-state index in [1.807, 2.05) is 0 Å². The molecule has 1 saturated carbocycles. The van der Waals surface area contributed by atoms with Crippen molar-refractivity contribution in [3.63, 3.8) is 0 Å². The third kappa shape index (κ3) is 3.19. The molecule has 2 fully saturated rings. The fourth-order valence-corrected chi connectivity index (χ4v) is 3.68. The molecule has 3 heterocycles. The minimum absolute atomic E-state index is 0.00192. The van der Waals surface area contributed by atoms with E-state index in [0.717, 1.165) is 19.3 Å². The first kappa shape index (κ1) is 15.3. The van der Waals surface area contributed by atoms with E-state index in [-0.39, 0.29) is 24.2 Å². The largest absolute Gasteiger partial charge is 0.467 e. The van der Waals surface area contributed by atoms with E-state index in [9.17, 15) is 4.79 Å². The zero-order valence-corrected chi connectivity index (χ0v) is 13.5. The topological polar surface area (TPSA) is 90.6 Å². The summed E-state index contributed by atoms with van der Waals surface area (Å²) in [4.78, 5) is 12.1. The number of carbonyl (C=O) groups excluding carboxylic acids is 1. The van der Waals surface area contributed by atoms with Crippen LogP contribution in [0.4, 0.5) is 0 Å². The molecule has 0 bridgehead atoms. The second-order valence-electron chi connectivity index (χ2n) is 6.62. The Morgan fingerprint density at radius 1 is 1.38 bits per heavy atom. The molecule has 1 aliphatic carbocycles. The van der Waals surface area contributed by atoms with E-state index in [1.165, 1.54) is 30.1 Å². The van der Waals surface area contributed by atoms with Gasteiger partial charge in [0.1, 0.15) is 6.33 Å². The summed E-state index contributed by atoms with van der Waals surface area (Å²) in [6.45, 7) is 0.529. The highest BCUT2D eigenvalue weighted by atomic mass is 16.5. The van der Waals surface area contributed by atoms with Crippen molar-refractivity contribution >= 4 is 11.6 Å². The van der Waals surface area contributed by atoms with Gasteiger partial charge in [-0.05, 0) is 25.3 Å². The molecule has 1 unspecified atom stereocenters. The van der Waals surface area contributed by atoms with Gasteiger partial charge in [-0.15, -0.1) is 15.3 Å². The van der Waals surface area contributed by atoms with Crippen molar-refractivity contribution in [2.75, 3.05) is 13.2 Å². The molecule has 4 rings (SSSR count). The molecule has 2 aromatic rings. The summed E-state index contributed by atoms with van der Waals surface area (Å²) in [5.41, 5.74) is 0.630. The Kier molecular flexibility index (Phi) is 4.05. The van der Waals surface area contributed by atoms with Crippen LogP contribution in [-0.4, -0.2) is 50.6 Å². The molecule has 0 radical (unpaired) electrons. The van der Waals surface area contributed by atoms with E-state index >= 15 is 0 Å². The van der Waals surface area contributed by atoms with Crippen LogP contribution in [0.2, 0.25) is 0 Å². The van der Waals surface area contributed by atoms with Gasteiger partial charge in [-0.2, -0.15) is 4.52 Å². The van der Waals surface area contributed by atoms with Gasteiger partial charge in [-0.25, -0.2) is 0 Å². The molecule has 2 aromatic heterocycles. The number of nitrogens with zero attached hydrogens (tertiary/aromatic N) is 4. The number of hydrogen-bond donors (Lipinski definition) is 1. The summed E-state index contributed by atoms with van der Waals surface area (Å²) in [6.07, 6.45) is 8.35. The molecule has 8 nitrogen and oxygen atoms in total. The molecule has 1 N–H and O–H groups in total. The SMILES string of the molecule is O=C(COc1ccc2nncn2n1)NC1COC2(CCCCC2)C1. The lowest BCUT2D eigenvalue weighted by Crippen LogP contribution is -2.39. The average molecular weight is 331 g/mol. The van der Waals surface area contributed by atoms with Crippen LogP contribution in [0.1, 0.15) is 38.5 Å². The summed E-state index contributed by atoms with van der Waals surface area (Å²) in [6, 6.07) is 3.49. The standard InChI is InChI=1S/C16H21N5O3/c22-14(10-23-15-5-4-13-19-17-11-21(13)20-15)18-12-8-16(24-9-12)6-2-1-3-7-16/h4-5,11-12H,1-3,6-10H2,(H,18,22). The summed E-state index contributed by atoms with van der Waals surface area (Å²) in [7, 11) is 0. The predicted molar refractivity (Wildman–Crippen MR) is 84.6 cm³/mol. The van der Waals surface area contributed by atoms with E-state index in [4.69, 9.17) is 9.47 Å². The fourth-order valence-electron chi connectivity index (χ4n) is 3.68. The maximum Gasteiger partial charge on any atom is 0.258 e. The van der Waals surface area contributed by atoms with Crippen molar-refractivity contribution in [3.05, 3.63) is 18.5 Å². The molecule has 2 aliphatic rings. The molecular formula is C16H21N5O3. The number of rotatable bonds is 4. The Balaban J connectivity index is 1.27. The molecule has 1 amide bonds. The maximum atomic E-state index is 12.1. The van der Waals surface area contributed by atoms with Gasteiger partial charge in [0.25, 0.3) is 5.91 Å². The Labute approximate surface area is 139 Å². The lowest BCUT2D eigenvalue weighted by atomic mass is 9.82. The van der Waals surface area contributed by atoms with Crippen molar-refractivity contribution in [1.82, 2.24) is 25.1 Å². The maximum absolute atomic E-state index is 12.1. The van der Waals surface area contributed by atoms with Crippen LogP contribution in [0.15, 0.2) is 18.5 Å². The van der Waals surface area contributed by atoms with E-state index < -0.39 is 0 Å². The average Bonchev–Trinajstić information content (AvgIpc) is 3.20. The molecule has 8 heteroatoms. The van der Waals surface area contributed by atoms with Gasteiger partial charge in [0, 0.05) is 6.07 Å². The smallest absolute Gasteiger partial charge is 0.258 e. The number of fused-ring (bicyclic) bond motifs is 1. The van der Waals surface area contributed by atoms with Crippen molar-refractivity contribution in [2.45, 2.75) is 50.2 Å². The number of aromatic nitrogens is 4. The van der Waals surface area contributed by atoms with Gasteiger partial charge in [0.2, 0.25) is 5.88 Å². The quantitative estimate of drug-likeness (QED) is 0.902. The number of carbonyl (C=O) groups is 1. The van der Waals surface area contributed by atoms with Gasteiger partial charge in [0.15, 0.2) is 12.3 Å². The highest BCUT2D eigenvalue weighted by Gasteiger charge is 2.41. The van der Waals surface area contributed by atoms with E-state index in [1.54, 1.807) is 12.1 Å². The Bertz CT molecular complexity index is 725. The normalized spacial score (nSPS) is 22.8. The van der Waals surface area contributed by atoms with Gasteiger partial charge >= 0.3 is 0 Å². The number of hydrogen-bond acceptors (Lipinski definition) is 6. The van der Waals surface area contributed by atoms with Crippen molar-refractivity contribution < 1.29 is 14.3 Å². The predicted octanol–water partition coefficient (Wildman–Crippen LogP) is 1.11. The molecule has 128 valence electrons. The molecular weight excluding hydrogens is 310 g/mol. The third-order valence-electron chi connectivity index (χ3n) is 4.83. The van der Waals surface area contributed by atoms with Crippen LogP contribution in [-0.2, 0) is 9.53 Å². The first-order chi connectivity index (χ1) is 11.7. The van der Waals surface area contributed by atoms with Gasteiger partial charge in [-0.3, -0.25) is 4.79 Å². The first-order valence-electron chi connectivity index (χ1n) is 8.46. The zero-order chi connectivity index (χ0) is 16.4. The minimum Gasteiger partial charge on any atom is -0.467 e. The molecule has 0 aromatic carbocycles. The first-order valence-corrected chi connectivity index (χ1v) is 8.46. The van der Waals surface area contributed by atoms with Crippen LogP contribution in [0, 0.1) is 0 Å². The van der Waals surface area contributed by atoms with Crippen LogP contribution in [0.25, 0.3) is 5.65 Å². The van der Waals surface area contributed by atoms with Crippen LogP contribution < -0.4 is 10.1 Å². The van der Waals surface area contributed by atoms with Gasteiger partial charge in [0.05, 0.1) is 18.2 Å². The highest BCUT2D eigenvalue weighted by Crippen LogP contribution is 2.39. The molecule has 1 spiro atoms. The Morgan fingerprint density at radius 3 is 3.12 bits per heavy atom. The third-order valence-corrected chi connectivity index (χ3v) is 4.83. The molecule has 1 saturated heterocycles. The molecule has 24 heavy (non-hydrogen) atoms. The summed E-state index contributed by atoms with van der Waals surface area (Å²) >= 11 is 0. The zero-order valence-electron chi connectivity index (χ0n) is 13.5. The van der Waals surface area contributed by atoms with Crippen molar-refractivity contribution in [1.29, 1.82) is 0 Å². The van der Waals surface area contributed by atoms with Crippen LogP contribution in [0.5, 0.6) is 5.88 Å². The summed E-state index contributed by atoms with van der Waals surface area (Å²) in [5, 5.41) is 14.8. The number of amides is 1. The molecule has 1 atom stereocenters. The van der Waals surface area contributed by atoms with E-state index in [2.05, 4.69) is 20.6 Å². The Hall–Kier alpha value is -2.22. The van der Waals surface area contributed by atoms with E-state index in [0.29, 0.717) is 18.1 Å². The second kappa shape index (κ2) is 6.35. The number of nitrogens with one attached hydrogen (secondary N) is 1. The van der Waals surface area contributed by atoms with Gasteiger partial charge < -0.3 is 14.8 Å². The van der Waals surface area contributed by atoms with Gasteiger partial charge in [-0.1, -0.05) is 19.3 Å². The number of ether oxygens (including phenoxy) is 2. The van der Waals surface area contributed by atoms with Crippen LogP contribution >= 0.6 is 0 Å². The fraction of sp³-hybridized carbons (Fsp3) is 0.625. The second-order valence-corrected chi connectivity index (χ2v) is 6.62. The lowest BCUT2D eigenvalue weighted by Gasteiger charge is -2.32. The Morgan fingerprint density at radius 2 is 2.25 bits per heavy atom. The molecule has 1 aliphatic heterocycles. The minimum atomic E-state index is -0.151. The summed E-state index contributed by atoms with van der Waals surface area (Å²) in [5.74, 6) is 0.214. The highest BCUT2D eigenvalue weighted by molar-refractivity contribution is 5.77. The monoisotopic (exact) mass is 331 g/mol.